The van der Waals surface area contributed by atoms with Gasteiger partial charge in [0, 0.05) is 5.69 Å². The molecule has 1 heterocycles. The molecule has 0 spiro atoms. The van der Waals surface area contributed by atoms with Gasteiger partial charge in [-0.05, 0) is 32.4 Å². The first-order valence-electron chi connectivity index (χ1n) is 5.38. The van der Waals surface area contributed by atoms with E-state index in [0.29, 0.717) is 0 Å². The summed E-state index contributed by atoms with van der Waals surface area (Å²) in [6.45, 7) is 6.06. The second-order valence-electron chi connectivity index (χ2n) is 4.66. The van der Waals surface area contributed by atoms with E-state index in [-0.39, 0.29) is 0 Å². The molecule has 0 aliphatic carbocycles. The highest BCUT2D eigenvalue weighted by molar-refractivity contribution is 5.42. The van der Waals surface area contributed by atoms with Crippen LogP contribution in [0.15, 0.2) is 36.8 Å². The second kappa shape index (κ2) is 3.76. The molecule has 3 heteroatoms. The van der Waals surface area contributed by atoms with Crippen LogP contribution in [-0.2, 0) is 5.54 Å². The van der Waals surface area contributed by atoms with Crippen molar-refractivity contribution in [2.24, 2.45) is 5.73 Å². The summed E-state index contributed by atoms with van der Waals surface area (Å²) in [7, 11) is 0. The smallest absolute Gasteiger partial charge is 0.0994 e. The van der Waals surface area contributed by atoms with Crippen LogP contribution in [0, 0.1) is 6.92 Å². The summed E-state index contributed by atoms with van der Waals surface area (Å²) in [5.74, 6) is 0. The average molecular weight is 215 g/mol. The maximum Gasteiger partial charge on any atom is 0.0994 e. The lowest BCUT2D eigenvalue weighted by Crippen LogP contribution is -2.31. The van der Waals surface area contributed by atoms with Crippen LogP contribution in [0.1, 0.15) is 25.1 Å². The molecule has 0 aliphatic rings. The molecule has 0 amide bonds. The quantitative estimate of drug-likeness (QED) is 0.835. The zero-order valence-corrected chi connectivity index (χ0v) is 9.94. The summed E-state index contributed by atoms with van der Waals surface area (Å²) in [6, 6.07) is 8.22. The largest absolute Gasteiger partial charge is 0.321 e. The third kappa shape index (κ3) is 1.86. The third-order valence-electron chi connectivity index (χ3n) is 2.67. The van der Waals surface area contributed by atoms with E-state index in [0.717, 1.165) is 11.4 Å². The maximum absolute atomic E-state index is 6.13. The van der Waals surface area contributed by atoms with Crippen molar-refractivity contribution in [3.63, 3.8) is 0 Å². The number of rotatable bonds is 2. The van der Waals surface area contributed by atoms with Gasteiger partial charge in [0.05, 0.1) is 23.8 Å². The van der Waals surface area contributed by atoms with Crippen LogP contribution in [-0.4, -0.2) is 9.55 Å². The van der Waals surface area contributed by atoms with E-state index in [1.54, 1.807) is 0 Å². The van der Waals surface area contributed by atoms with E-state index in [4.69, 9.17) is 5.73 Å². The van der Waals surface area contributed by atoms with Gasteiger partial charge in [0.25, 0.3) is 0 Å². The van der Waals surface area contributed by atoms with Gasteiger partial charge >= 0.3 is 0 Å². The van der Waals surface area contributed by atoms with Crippen LogP contribution in [0.2, 0.25) is 0 Å². The Labute approximate surface area is 95.9 Å². The van der Waals surface area contributed by atoms with Gasteiger partial charge < -0.3 is 10.3 Å². The lowest BCUT2D eigenvalue weighted by atomic mass is 10.0. The Hall–Kier alpha value is -1.61. The Balaban J connectivity index is 2.58. The van der Waals surface area contributed by atoms with Gasteiger partial charge in [0.15, 0.2) is 0 Å². The summed E-state index contributed by atoms with van der Waals surface area (Å²) in [5.41, 5.74) is 9.10. The SMILES string of the molecule is Cc1ccccc1-n1cncc1C(C)(C)N. The van der Waals surface area contributed by atoms with Crippen LogP contribution in [0.5, 0.6) is 0 Å². The minimum Gasteiger partial charge on any atom is -0.321 e. The van der Waals surface area contributed by atoms with Gasteiger partial charge in [-0.25, -0.2) is 4.98 Å². The lowest BCUT2D eigenvalue weighted by molar-refractivity contribution is 0.524. The van der Waals surface area contributed by atoms with E-state index in [1.165, 1.54) is 5.56 Å². The van der Waals surface area contributed by atoms with Crippen LogP contribution >= 0.6 is 0 Å². The van der Waals surface area contributed by atoms with Gasteiger partial charge in [-0.15, -0.1) is 0 Å². The predicted octanol–water partition coefficient (Wildman–Crippen LogP) is 2.37. The molecular formula is C13H17N3. The van der Waals surface area contributed by atoms with Crippen molar-refractivity contribution in [1.29, 1.82) is 0 Å². The normalized spacial score (nSPS) is 11.8. The van der Waals surface area contributed by atoms with E-state index in [2.05, 4.69) is 28.6 Å². The number of nitrogens with two attached hydrogens (primary N) is 1. The fourth-order valence-corrected chi connectivity index (χ4v) is 1.80. The summed E-state index contributed by atoms with van der Waals surface area (Å²) < 4.78 is 2.05. The molecule has 0 fully saturated rings. The highest BCUT2D eigenvalue weighted by atomic mass is 15.1. The molecule has 0 saturated carbocycles. The molecule has 0 radical (unpaired) electrons. The van der Waals surface area contributed by atoms with Gasteiger partial charge in [0.1, 0.15) is 0 Å². The number of nitrogens with zero attached hydrogens (tertiary/aromatic N) is 2. The fraction of sp³-hybridized carbons (Fsp3) is 0.308. The Morgan fingerprint density at radius 2 is 1.94 bits per heavy atom. The number of hydrogen-bond donors (Lipinski definition) is 1. The maximum atomic E-state index is 6.13. The van der Waals surface area contributed by atoms with Crippen molar-refractivity contribution in [2.45, 2.75) is 26.3 Å². The van der Waals surface area contributed by atoms with Gasteiger partial charge in [-0.2, -0.15) is 0 Å². The van der Waals surface area contributed by atoms with Crippen molar-refractivity contribution < 1.29 is 0 Å². The minimum absolute atomic E-state index is 0.390. The van der Waals surface area contributed by atoms with E-state index in [1.807, 2.05) is 38.5 Å². The number of imidazole rings is 1. The van der Waals surface area contributed by atoms with Crippen LogP contribution < -0.4 is 5.73 Å². The summed E-state index contributed by atoms with van der Waals surface area (Å²) in [4.78, 5) is 4.19. The molecule has 0 bridgehead atoms. The lowest BCUT2D eigenvalue weighted by Gasteiger charge is -2.21. The zero-order valence-electron chi connectivity index (χ0n) is 9.94. The minimum atomic E-state index is -0.390. The molecule has 16 heavy (non-hydrogen) atoms. The van der Waals surface area contributed by atoms with Crippen molar-refractivity contribution >= 4 is 0 Å². The fourth-order valence-electron chi connectivity index (χ4n) is 1.80. The molecule has 3 nitrogen and oxygen atoms in total. The van der Waals surface area contributed by atoms with Crippen LogP contribution in [0.4, 0.5) is 0 Å². The summed E-state index contributed by atoms with van der Waals surface area (Å²) in [6.07, 6.45) is 3.64. The Morgan fingerprint density at radius 3 is 2.56 bits per heavy atom. The average Bonchev–Trinajstić information content (AvgIpc) is 2.66. The molecule has 2 aromatic rings. The van der Waals surface area contributed by atoms with Crippen molar-refractivity contribution in [3.05, 3.63) is 48.0 Å². The van der Waals surface area contributed by atoms with Gasteiger partial charge in [-0.1, -0.05) is 18.2 Å². The number of para-hydroxylation sites is 1. The Morgan fingerprint density at radius 1 is 1.25 bits per heavy atom. The first-order valence-corrected chi connectivity index (χ1v) is 5.38. The second-order valence-corrected chi connectivity index (χ2v) is 4.66. The van der Waals surface area contributed by atoms with Crippen molar-refractivity contribution in [3.8, 4) is 5.69 Å². The number of hydrogen-bond acceptors (Lipinski definition) is 2. The van der Waals surface area contributed by atoms with Gasteiger partial charge in [-0.3, -0.25) is 0 Å². The summed E-state index contributed by atoms with van der Waals surface area (Å²) >= 11 is 0. The molecule has 2 N–H and O–H groups in total. The highest BCUT2D eigenvalue weighted by Gasteiger charge is 2.20. The standard InChI is InChI=1S/C13H17N3/c1-10-6-4-5-7-11(10)16-9-15-8-12(16)13(2,3)14/h4-9H,14H2,1-3H3. The Bertz CT molecular complexity index is 492. The van der Waals surface area contributed by atoms with Crippen LogP contribution in [0.3, 0.4) is 0 Å². The molecular weight excluding hydrogens is 198 g/mol. The first kappa shape index (κ1) is 10.9. The Kier molecular flexibility index (Phi) is 2.56. The summed E-state index contributed by atoms with van der Waals surface area (Å²) in [5, 5.41) is 0. The number of aryl methyl sites for hydroxylation is 1. The first-order chi connectivity index (χ1) is 7.50. The van der Waals surface area contributed by atoms with E-state index in [9.17, 15) is 0 Å². The van der Waals surface area contributed by atoms with Crippen LogP contribution in [0.25, 0.3) is 5.69 Å². The monoisotopic (exact) mass is 215 g/mol. The van der Waals surface area contributed by atoms with Gasteiger partial charge in [0.2, 0.25) is 0 Å². The predicted molar refractivity (Wildman–Crippen MR) is 65.5 cm³/mol. The molecule has 1 aromatic heterocycles. The molecule has 2 rings (SSSR count). The molecule has 0 atom stereocenters. The third-order valence-corrected chi connectivity index (χ3v) is 2.67. The number of aromatic nitrogens is 2. The topological polar surface area (TPSA) is 43.8 Å². The molecule has 0 saturated heterocycles. The zero-order chi connectivity index (χ0) is 11.8. The van der Waals surface area contributed by atoms with E-state index < -0.39 is 5.54 Å². The molecule has 0 aliphatic heterocycles. The van der Waals surface area contributed by atoms with E-state index >= 15 is 0 Å². The molecule has 0 unspecified atom stereocenters. The van der Waals surface area contributed by atoms with Crippen molar-refractivity contribution in [1.82, 2.24) is 9.55 Å². The molecule has 1 aromatic carbocycles. The van der Waals surface area contributed by atoms with Crippen molar-refractivity contribution in [2.75, 3.05) is 0 Å². The number of benzene rings is 1. The highest BCUT2D eigenvalue weighted by Crippen LogP contribution is 2.22. The molecule has 84 valence electrons.